The minimum atomic E-state index is -3.84. The van der Waals surface area contributed by atoms with Gasteiger partial charge in [0.15, 0.2) is 0 Å². The van der Waals surface area contributed by atoms with Gasteiger partial charge in [0.2, 0.25) is 0 Å². The summed E-state index contributed by atoms with van der Waals surface area (Å²) in [5.74, 6) is 0.178. The van der Waals surface area contributed by atoms with Gasteiger partial charge in [0.25, 0.3) is 10.0 Å². The average molecular weight is 410 g/mol. The number of sulfonamides is 1. The van der Waals surface area contributed by atoms with Crippen molar-refractivity contribution in [3.05, 3.63) is 102 Å². The molecule has 0 saturated heterocycles. The van der Waals surface area contributed by atoms with Crippen LogP contribution in [0.15, 0.2) is 94.9 Å². The molecule has 1 N–H and O–H groups in total. The van der Waals surface area contributed by atoms with Gasteiger partial charge in [0.05, 0.1) is 11.1 Å². The summed E-state index contributed by atoms with van der Waals surface area (Å²) in [4.78, 5) is 2.03. The van der Waals surface area contributed by atoms with E-state index in [2.05, 4.69) is 9.93 Å². The van der Waals surface area contributed by atoms with E-state index in [4.69, 9.17) is 4.74 Å². The van der Waals surface area contributed by atoms with Crippen molar-refractivity contribution >= 4 is 22.3 Å². The fraction of sp³-hybridized carbons (Fsp3) is 0.0455. The smallest absolute Gasteiger partial charge is 0.276 e. The summed E-state index contributed by atoms with van der Waals surface area (Å²) in [6.07, 6.45) is 5.28. The van der Waals surface area contributed by atoms with E-state index >= 15 is 0 Å². The van der Waals surface area contributed by atoms with E-state index in [0.717, 1.165) is 17.7 Å². The zero-order valence-electron chi connectivity index (χ0n) is 15.4. The molecule has 0 aliphatic rings. The first kappa shape index (κ1) is 20.3. The standard InChI is InChI=1S/C22H19FN2O3S/c23-20-10-14-22(15-11-20)29(26,27)25-24-17-19-8-12-21(13-9-19)28-16-4-7-18-5-2-1-3-6-18/h1-15,17,25H,16H2. The molecule has 0 spiro atoms. The molecule has 0 amide bonds. The molecule has 0 aliphatic carbocycles. The van der Waals surface area contributed by atoms with Crippen molar-refractivity contribution in [1.29, 1.82) is 0 Å². The van der Waals surface area contributed by atoms with Crippen LogP contribution in [0.4, 0.5) is 4.39 Å². The lowest BCUT2D eigenvalue weighted by Gasteiger charge is -2.04. The predicted molar refractivity (Wildman–Crippen MR) is 112 cm³/mol. The molecule has 3 aromatic rings. The minimum Gasteiger partial charge on any atom is -0.490 e. The summed E-state index contributed by atoms with van der Waals surface area (Å²) < 4.78 is 42.7. The van der Waals surface area contributed by atoms with E-state index in [1.165, 1.54) is 18.3 Å². The molecule has 0 atom stereocenters. The molecule has 3 aromatic carbocycles. The summed E-state index contributed by atoms with van der Waals surface area (Å²) >= 11 is 0. The van der Waals surface area contributed by atoms with Crippen molar-refractivity contribution in [2.45, 2.75) is 4.90 Å². The van der Waals surface area contributed by atoms with Crippen molar-refractivity contribution < 1.29 is 17.5 Å². The monoisotopic (exact) mass is 410 g/mol. The molecule has 148 valence electrons. The molecule has 0 fully saturated rings. The molecule has 0 radical (unpaired) electrons. The van der Waals surface area contributed by atoms with Gasteiger partial charge < -0.3 is 4.74 Å². The van der Waals surface area contributed by atoms with Gasteiger partial charge in [-0.15, -0.1) is 0 Å². The lowest BCUT2D eigenvalue weighted by atomic mass is 10.2. The number of benzene rings is 3. The van der Waals surface area contributed by atoms with Gasteiger partial charge in [0.1, 0.15) is 18.2 Å². The van der Waals surface area contributed by atoms with E-state index < -0.39 is 15.8 Å². The van der Waals surface area contributed by atoms with E-state index in [-0.39, 0.29) is 4.90 Å². The minimum absolute atomic E-state index is 0.0663. The predicted octanol–water partition coefficient (Wildman–Crippen LogP) is 4.23. The molecule has 0 unspecified atom stereocenters. The molecule has 3 rings (SSSR count). The van der Waals surface area contributed by atoms with Crippen molar-refractivity contribution in [2.75, 3.05) is 6.61 Å². The summed E-state index contributed by atoms with van der Waals surface area (Å²) in [5, 5.41) is 3.74. The van der Waals surface area contributed by atoms with Crippen molar-refractivity contribution in [1.82, 2.24) is 4.83 Å². The highest BCUT2D eigenvalue weighted by molar-refractivity contribution is 7.89. The topological polar surface area (TPSA) is 67.8 Å². The second-order valence-corrected chi connectivity index (χ2v) is 7.66. The van der Waals surface area contributed by atoms with Crippen LogP contribution in [0, 0.1) is 5.82 Å². The highest BCUT2D eigenvalue weighted by Crippen LogP contribution is 2.12. The van der Waals surface area contributed by atoms with E-state index in [9.17, 15) is 12.8 Å². The number of hydrogen-bond acceptors (Lipinski definition) is 4. The summed E-state index contributed by atoms with van der Waals surface area (Å²) in [6.45, 7) is 0.430. The Kier molecular flexibility index (Phi) is 6.76. The molecular formula is C22H19FN2O3S. The molecular weight excluding hydrogens is 391 g/mol. The first-order chi connectivity index (χ1) is 14.0. The Morgan fingerprint density at radius 2 is 1.59 bits per heavy atom. The molecule has 7 heteroatoms. The van der Waals surface area contributed by atoms with Crippen molar-refractivity contribution in [2.24, 2.45) is 5.10 Å². The van der Waals surface area contributed by atoms with Gasteiger partial charge >= 0.3 is 0 Å². The molecule has 0 bridgehead atoms. The molecule has 0 aromatic heterocycles. The molecule has 29 heavy (non-hydrogen) atoms. The Morgan fingerprint density at radius 1 is 0.897 bits per heavy atom. The third-order valence-electron chi connectivity index (χ3n) is 3.85. The number of nitrogens with one attached hydrogen (secondary N) is 1. The number of hydrogen-bond donors (Lipinski definition) is 1. The lowest BCUT2D eigenvalue weighted by molar-refractivity contribution is 0.363. The average Bonchev–Trinajstić information content (AvgIpc) is 2.73. The third kappa shape index (κ3) is 6.29. The first-order valence-electron chi connectivity index (χ1n) is 8.78. The maximum absolute atomic E-state index is 12.9. The van der Waals surface area contributed by atoms with Crippen LogP contribution in [0.1, 0.15) is 11.1 Å². The molecule has 0 saturated carbocycles. The van der Waals surface area contributed by atoms with Crippen LogP contribution >= 0.6 is 0 Å². The zero-order chi connectivity index (χ0) is 20.5. The molecule has 0 heterocycles. The Labute approximate surface area is 169 Å². The fourth-order valence-electron chi connectivity index (χ4n) is 2.38. The van der Waals surface area contributed by atoms with Crippen LogP contribution in [0.3, 0.4) is 0 Å². The van der Waals surface area contributed by atoms with Crippen LogP contribution in [-0.4, -0.2) is 21.2 Å². The SMILES string of the molecule is O=S(=O)(NN=Cc1ccc(OCC=Cc2ccccc2)cc1)c1ccc(F)cc1. The van der Waals surface area contributed by atoms with Crippen molar-refractivity contribution in [3.8, 4) is 5.75 Å². The van der Waals surface area contributed by atoms with Crippen LogP contribution in [0.25, 0.3) is 6.08 Å². The second-order valence-electron chi connectivity index (χ2n) is 6.00. The number of nitrogens with zero attached hydrogens (tertiary/aromatic N) is 1. The Morgan fingerprint density at radius 3 is 2.28 bits per heavy atom. The summed E-state index contributed by atoms with van der Waals surface area (Å²) in [5.41, 5.74) is 1.80. The summed E-state index contributed by atoms with van der Waals surface area (Å²) in [7, 11) is -3.84. The second kappa shape index (κ2) is 9.66. The quantitative estimate of drug-likeness (QED) is 0.446. The fourth-order valence-corrected chi connectivity index (χ4v) is 3.17. The maximum Gasteiger partial charge on any atom is 0.276 e. The number of hydrazone groups is 1. The van der Waals surface area contributed by atoms with Gasteiger partial charge in [-0.2, -0.15) is 13.5 Å². The first-order valence-corrected chi connectivity index (χ1v) is 10.3. The number of halogens is 1. The van der Waals surface area contributed by atoms with Gasteiger partial charge in [-0.1, -0.05) is 36.4 Å². The Balaban J connectivity index is 1.51. The van der Waals surface area contributed by atoms with Crippen LogP contribution in [0.5, 0.6) is 5.75 Å². The highest BCUT2D eigenvalue weighted by atomic mass is 32.2. The van der Waals surface area contributed by atoms with Gasteiger partial charge in [-0.3, -0.25) is 0 Å². The van der Waals surface area contributed by atoms with E-state index in [0.29, 0.717) is 17.9 Å². The number of ether oxygens (including phenoxy) is 1. The summed E-state index contributed by atoms with van der Waals surface area (Å²) in [6, 6.07) is 21.5. The Bertz CT molecular complexity index is 1080. The van der Waals surface area contributed by atoms with E-state index in [1.54, 1.807) is 24.3 Å². The third-order valence-corrected chi connectivity index (χ3v) is 5.09. The molecule has 0 aliphatic heterocycles. The van der Waals surface area contributed by atoms with Gasteiger partial charge in [0, 0.05) is 0 Å². The number of rotatable bonds is 8. The highest BCUT2D eigenvalue weighted by Gasteiger charge is 2.12. The van der Waals surface area contributed by atoms with Gasteiger partial charge in [-0.25, -0.2) is 9.22 Å². The van der Waals surface area contributed by atoms with Crippen LogP contribution < -0.4 is 9.57 Å². The molecule has 5 nitrogen and oxygen atoms in total. The van der Waals surface area contributed by atoms with Crippen LogP contribution in [-0.2, 0) is 10.0 Å². The van der Waals surface area contributed by atoms with Gasteiger partial charge in [-0.05, 0) is 65.7 Å². The largest absolute Gasteiger partial charge is 0.490 e. The maximum atomic E-state index is 12.9. The lowest BCUT2D eigenvalue weighted by Crippen LogP contribution is -2.18. The van der Waals surface area contributed by atoms with Crippen molar-refractivity contribution in [3.63, 3.8) is 0 Å². The normalized spacial score (nSPS) is 11.8. The Hall–Kier alpha value is -3.45. The zero-order valence-corrected chi connectivity index (χ0v) is 16.2. The van der Waals surface area contributed by atoms with Crippen LogP contribution in [0.2, 0.25) is 0 Å². The van der Waals surface area contributed by atoms with E-state index in [1.807, 2.05) is 42.5 Å².